The number of nitrogens with zero attached hydrogens (tertiary/aromatic N) is 4. The predicted molar refractivity (Wildman–Crippen MR) is 139 cm³/mol. The third-order valence-electron chi connectivity index (χ3n) is 5.49. The Hall–Kier alpha value is -3.87. The molecular formula is C24H22ClN5O6S. The highest BCUT2D eigenvalue weighted by Gasteiger charge is 2.20. The van der Waals surface area contributed by atoms with Crippen LogP contribution in [0, 0.1) is 0 Å². The molecule has 11 nitrogen and oxygen atoms in total. The van der Waals surface area contributed by atoms with E-state index in [2.05, 4.69) is 20.3 Å². The molecule has 2 N–H and O–H groups in total. The molecule has 4 aromatic rings. The predicted octanol–water partition coefficient (Wildman–Crippen LogP) is 3.59. The van der Waals surface area contributed by atoms with Gasteiger partial charge in [0.1, 0.15) is 17.8 Å². The average Bonchev–Trinajstić information content (AvgIpc) is 2.88. The van der Waals surface area contributed by atoms with Gasteiger partial charge in [0.2, 0.25) is 0 Å². The van der Waals surface area contributed by atoms with Gasteiger partial charge in [-0.2, -0.15) is 9.97 Å². The lowest BCUT2D eigenvalue weighted by atomic mass is 10.0. The lowest BCUT2D eigenvalue weighted by molar-refractivity contribution is 0.209. The summed E-state index contributed by atoms with van der Waals surface area (Å²) in [4.78, 5) is 37.5. The van der Waals surface area contributed by atoms with Crippen LogP contribution >= 0.6 is 11.6 Å². The van der Waals surface area contributed by atoms with Crippen LogP contribution in [0.3, 0.4) is 0 Å². The average molecular weight is 544 g/mol. The van der Waals surface area contributed by atoms with Crippen LogP contribution in [0.1, 0.15) is 5.69 Å². The lowest BCUT2D eigenvalue weighted by Crippen LogP contribution is -2.25. The zero-order valence-corrected chi connectivity index (χ0v) is 21.6. The summed E-state index contributed by atoms with van der Waals surface area (Å²) in [5, 5.41) is 11.9. The number of methoxy groups -OCH3 is 2. The van der Waals surface area contributed by atoms with E-state index in [0.29, 0.717) is 45.9 Å². The van der Waals surface area contributed by atoms with Crippen LogP contribution < -0.4 is 20.3 Å². The van der Waals surface area contributed by atoms with Gasteiger partial charge in [-0.15, -0.1) is 0 Å². The zero-order chi connectivity index (χ0) is 26.7. The molecule has 1 unspecified atom stereocenters. The molecule has 0 aliphatic carbocycles. The Labute approximate surface area is 219 Å². The molecule has 4 rings (SSSR count). The molecular weight excluding hydrogens is 522 g/mol. The smallest absolute Gasteiger partial charge is 0.409 e. The van der Waals surface area contributed by atoms with Crippen molar-refractivity contribution >= 4 is 45.6 Å². The standard InChI is InChI=1S/C24H22ClN5O6S/c1-35-16-9-17(20(25)19(10-16)36-2)18-8-13-11-27-23(37(3)34)29-21(13)30(22(18)31)7-6-14-4-5-15(12-26-14)28-24(32)33/h4-5,8-12,28H,6-7H2,1-3H3,(H,32,33). The SMILES string of the molecule is COc1cc(OC)c(Cl)c(-c2cc3cnc([S+](C)[O-])nc3n(CCc3ccc(NC(=O)O)cn3)c2=O)c1. The number of aryl methyl sites for hydroxylation is 2. The van der Waals surface area contributed by atoms with E-state index < -0.39 is 17.3 Å². The fraction of sp³-hybridized carbons (Fsp3) is 0.208. The van der Waals surface area contributed by atoms with Crippen molar-refractivity contribution in [3.05, 3.63) is 63.8 Å². The Morgan fingerprint density at radius 2 is 1.95 bits per heavy atom. The van der Waals surface area contributed by atoms with Gasteiger partial charge in [-0.1, -0.05) is 11.6 Å². The number of pyridine rings is 2. The number of rotatable bonds is 8. The lowest BCUT2D eigenvalue weighted by Gasteiger charge is -2.15. The number of fused-ring (bicyclic) bond motifs is 1. The summed E-state index contributed by atoms with van der Waals surface area (Å²) in [5.41, 5.74) is 1.55. The number of ether oxygens (including phenoxy) is 2. The van der Waals surface area contributed by atoms with E-state index >= 15 is 0 Å². The molecule has 1 amide bonds. The second-order valence-corrected chi connectivity index (χ2v) is 9.46. The molecule has 3 heterocycles. The molecule has 13 heteroatoms. The van der Waals surface area contributed by atoms with Gasteiger partial charge in [0.25, 0.3) is 5.56 Å². The summed E-state index contributed by atoms with van der Waals surface area (Å²) in [6.45, 7) is 0.174. The highest BCUT2D eigenvalue weighted by atomic mass is 35.5. The van der Waals surface area contributed by atoms with Gasteiger partial charge in [0, 0.05) is 58.6 Å². The number of anilines is 1. The van der Waals surface area contributed by atoms with Crippen LogP contribution in [-0.2, 0) is 24.1 Å². The monoisotopic (exact) mass is 543 g/mol. The summed E-state index contributed by atoms with van der Waals surface area (Å²) in [6, 6.07) is 8.13. The van der Waals surface area contributed by atoms with Crippen molar-refractivity contribution in [3.8, 4) is 22.6 Å². The number of carbonyl (C=O) groups is 1. The van der Waals surface area contributed by atoms with Gasteiger partial charge in [-0.3, -0.25) is 19.7 Å². The first-order chi connectivity index (χ1) is 17.7. The summed E-state index contributed by atoms with van der Waals surface area (Å²) >= 11 is 5.12. The molecule has 0 aliphatic rings. The maximum absolute atomic E-state index is 13.8. The minimum Gasteiger partial charge on any atom is -0.609 e. The Kier molecular flexibility index (Phi) is 7.81. The van der Waals surface area contributed by atoms with Crippen LogP contribution in [0.25, 0.3) is 22.2 Å². The molecule has 0 spiro atoms. The molecule has 0 radical (unpaired) electrons. The Bertz CT molecular complexity index is 1530. The maximum atomic E-state index is 13.8. The number of nitrogens with one attached hydrogen (secondary N) is 1. The first kappa shape index (κ1) is 26.2. The van der Waals surface area contributed by atoms with Crippen LogP contribution in [0.15, 0.2) is 52.7 Å². The highest BCUT2D eigenvalue weighted by Crippen LogP contribution is 2.38. The third kappa shape index (κ3) is 5.61. The Morgan fingerprint density at radius 1 is 1.16 bits per heavy atom. The number of carboxylic acid groups (broad SMARTS) is 1. The molecule has 37 heavy (non-hydrogen) atoms. The molecule has 192 valence electrons. The molecule has 3 aromatic heterocycles. The molecule has 0 saturated carbocycles. The van der Waals surface area contributed by atoms with Crippen LogP contribution in [-0.4, -0.2) is 55.7 Å². The van der Waals surface area contributed by atoms with Crippen molar-refractivity contribution < 1.29 is 23.9 Å². The number of benzene rings is 1. The minimum absolute atomic E-state index is 0.0942. The molecule has 1 aromatic carbocycles. The summed E-state index contributed by atoms with van der Waals surface area (Å²) in [5.74, 6) is 0.795. The van der Waals surface area contributed by atoms with Gasteiger partial charge in [-0.05, 0) is 24.3 Å². The highest BCUT2D eigenvalue weighted by molar-refractivity contribution is 7.90. The van der Waals surface area contributed by atoms with E-state index in [1.165, 1.54) is 37.4 Å². The molecule has 0 aliphatic heterocycles. The maximum Gasteiger partial charge on any atom is 0.409 e. The van der Waals surface area contributed by atoms with Crippen molar-refractivity contribution in [2.75, 3.05) is 25.8 Å². The van der Waals surface area contributed by atoms with Gasteiger partial charge in [-0.25, -0.2) is 4.79 Å². The second-order valence-electron chi connectivity index (χ2n) is 7.81. The van der Waals surface area contributed by atoms with E-state index in [-0.39, 0.29) is 27.8 Å². The fourth-order valence-corrected chi connectivity index (χ4v) is 4.42. The van der Waals surface area contributed by atoms with E-state index in [1.54, 1.807) is 30.3 Å². The van der Waals surface area contributed by atoms with Crippen molar-refractivity contribution in [3.63, 3.8) is 0 Å². The molecule has 0 bridgehead atoms. The van der Waals surface area contributed by atoms with Crippen molar-refractivity contribution in [2.45, 2.75) is 18.1 Å². The van der Waals surface area contributed by atoms with E-state index in [4.69, 9.17) is 26.2 Å². The number of hydrogen-bond acceptors (Lipinski definition) is 8. The summed E-state index contributed by atoms with van der Waals surface area (Å²) in [6.07, 6.45) is 3.49. The van der Waals surface area contributed by atoms with E-state index in [1.807, 2.05) is 0 Å². The fourth-order valence-electron chi connectivity index (χ4n) is 3.71. The second kappa shape index (κ2) is 11.0. The van der Waals surface area contributed by atoms with E-state index in [0.717, 1.165) is 0 Å². The number of hydrogen-bond donors (Lipinski definition) is 2. The normalized spacial score (nSPS) is 11.8. The van der Waals surface area contributed by atoms with Gasteiger partial charge < -0.3 is 19.1 Å². The van der Waals surface area contributed by atoms with Gasteiger partial charge >= 0.3 is 11.2 Å². The quantitative estimate of drug-likeness (QED) is 0.251. The van der Waals surface area contributed by atoms with Crippen LogP contribution in [0.5, 0.6) is 11.5 Å². The Morgan fingerprint density at radius 3 is 2.57 bits per heavy atom. The number of halogens is 1. The van der Waals surface area contributed by atoms with E-state index in [9.17, 15) is 14.1 Å². The third-order valence-corrected chi connectivity index (χ3v) is 6.59. The largest absolute Gasteiger partial charge is 0.609 e. The Balaban J connectivity index is 1.84. The van der Waals surface area contributed by atoms with Gasteiger partial charge in [0.05, 0.1) is 31.1 Å². The zero-order valence-electron chi connectivity index (χ0n) is 20.0. The summed E-state index contributed by atoms with van der Waals surface area (Å²) < 4.78 is 24.2. The van der Waals surface area contributed by atoms with Crippen molar-refractivity contribution in [2.24, 2.45) is 0 Å². The van der Waals surface area contributed by atoms with Crippen LogP contribution in [0.4, 0.5) is 10.5 Å². The van der Waals surface area contributed by atoms with Crippen molar-refractivity contribution in [1.29, 1.82) is 0 Å². The number of aromatic nitrogens is 4. The number of amides is 1. The molecule has 0 fully saturated rings. The minimum atomic E-state index is -1.46. The summed E-state index contributed by atoms with van der Waals surface area (Å²) in [7, 11) is 2.96. The first-order valence-corrected chi connectivity index (χ1v) is 12.8. The van der Waals surface area contributed by atoms with Crippen molar-refractivity contribution in [1.82, 2.24) is 19.5 Å². The molecule has 1 atom stereocenters. The topological polar surface area (TPSA) is 152 Å². The molecule has 0 saturated heterocycles. The van der Waals surface area contributed by atoms with Gasteiger partial charge in [0.15, 0.2) is 5.65 Å². The first-order valence-electron chi connectivity index (χ1n) is 10.8. The van der Waals surface area contributed by atoms with Crippen LogP contribution in [0.2, 0.25) is 5.02 Å².